The van der Waals surface area contributed by atoms with Crippen molar-refractivity contribution in [3.8, 4) is 34.2 Å². The van der Waals surface area contributed by atoms with E-state index < -0.39 is 0 Å². The lowest BCUT2D eigenvalue weighted by Gasteiger charge is -2.26. The molecule has 0 fully saturated rings. The predicted octanol–water partition coefficient (Wildman–Crippen LogP) is 4.98. The number of imidazole rings is 1. The summed E-state index contributed by atoms with van der Waals surface area (Å²) in [5, 5.41) is 2.92. The second-order valence-electron chi connectivity index (χ2n) is 9.40. The Balaban J connectivity index is 1.55. The molecule has 40 heavy (non-hydrogen) atoms. The van der Waals surface area contributed by atoms with E-state index in [0.29, 0.717) is 28.8 Å². The van der Waals surface area contributed by atoms with Crippen molar-refractivity contribution in [2.45, 2.75) is 26.3 Å². The molecule has 0 aliphatic heterocycles. The maximum Gasteiger partial charge on any atom is 0.246 e. The van der Waals surface area contributed by atoms with Crippen LogP contribution in [0.2, 0.25) is 0 Å². The maximum atomic E-state index is 13.4. The van der Waals surface area contributed by atoms with Gasteiger partial charge in [0.05, 0.1) is 33.4 Å². The number of amides is 2. The standard InChI is InChI=1S/C31H34N4O5/c1-21(2)34(29(37)18-22-16-26(38-3)30(40-5)27(17-22)39-4)20-28(36)33-31-32-25(23-12-8-6-9-13-23)19-35(31)24-14-10-7-11-15-24/h6-17,19,21H,18,20H2,1-5H3,(H,32,33,36). The summed E-state index contributed by atoms with van der Waals surface area (Å²) in [4.78, 5) is 32.9. The van der Waals surface area contributed by atoms with Crippen LogP contribution >= 0.6 is 0 Å². The van der Waals surface area contributed by atoms with Gasteiger partial charge in [-0.15, -0.1) is 0 Å². The van der Waals surface area contributed by atoms with Crippen LogP contribution in [-0.4, -0.2) is 60.2 Å². The molecule has 1 N–H and O–H groups in total. The predicted molar refractivity (Wildman–Crippen MR) is 154 cm³/mol. The van der Waals surface area contributed by atoms with Crippen molar-refractivity contribution in [3.63, 3.8) is 0 Å². The van der Waals surface area contributed by atoms with Crippen molar-refractivity contribution in [1.29, 1.82) is 0 Å². The number of aromatic nitrogens is 2. The molecule has 0 unspecified atom stereocenters. The van der Waals surface area contributed by atoms with E-state index in [1.54, 1.807) is 12.1 Å². The summed E-state index contributed by atoms with van der Waals surface area (Å²) in [5.74, 6) is 1.17. The third-order valence-corrected chi connectivity index (χ3v) is 6.40. The van der Waals surface area contributed by atoms with Crippen molar-refractivity contribution in [2.24, 2.45) is 0 Å². The lowest BCUT2D eigenvalue weighted by Crippen LogP contribution is -2.43. The van der Waals surface area contributed by atoms with E-state index in [1.165, 1.54) is 26.2 Å². The molecule has 4 rings (SSSR count). The lowest BCUT2D eigenvalue weighted by molar-refractivity contribution is -0.135. The van der Waals surface area contributed by atoms with Gasteiger partial charge < -0.3 is 19.1 Å². The van der Waals surface area contributed by atoms with Gasteiger partial charge in [-0.2, -0.15) is 0 Å². The van der Waals surface area contributed by atoms with Gasteiger partial charge in [-0.25, -0.2) is 4.98 Å². The van der Waals surface area contributed by atoms with Crippen LogP contribution in [-0.2, 0) is 16.0 Å². The molecule has 0 atom stereocenters. The van der Waals surface area contributed by atoms with Crippen molar-refractivity contribution >= 4 is 17.8 Å². The normalized spacial score (nSPS) is 10.8. The number of carbonyl (C=O) groups excluding carboxylic acids is 2. The van der Waals surface area contributed by atoms with Crippen LogP contribution in [0.5, 0.6) is 17.2 Å². The molecule has 0 spiro atoms. The van der Waals surface area contributed by atoms with Crippen LogP contribution in [0.3, 0.4) is 0 Å². The Morgan fingerprint density at radius 1 is 0.900 bits per heavy atom. The largest absolute Gasteiger partial charge is 0.493 e. The lowest BCUT2D eigenvalue weighted by atomic mass is 10.1. The van der Waals surface area contributed by atoms with E-state index in [9.17, 15) is 9.59 Å². The third kappa shape index (κ3) is 6.43. The molecule has 9 nitrogen and oxygen atoms in total. The van der Waals surface area contributed by atoms with Crippen molar-refractivity contribution < 1.29 is 23.8 Å². The summed E-state index contributed by atoms with van der Waals surface area (Å²) in [6, 6.07) is 22.7. The summed E-state index contributed by atoms with van der Waals surface area (Å²) < 4.78 is 18.0. The van der Waals surface area contributed by atoms with Crippen LogP contribution in [0, 0.1) is 0 Å². The van der Waals surface area contributed by atoms with Crippen molar-refractivity contribution in [2.75, 3.05) is 33.2 Å². The Labute approximate surface area is 234 Å². The molecular weight excluding hydrogens is 508 g/mol. The quantitative estimate of drug-likeness (QED) is 0.287. The minimum atomic E-state index is -0.352. The van der Waals surface area contributed by atoms with E-state index in [2.05, 4.69) is 5.32 Å². The van der Waals surface area contributed by atoms with Gasteiger partial charge in [0.1, 0.15) is 6.54 Å². The van der Waals surface area contributed by atoms with E-state index >= 15 is 0 Å². The summed E-state index contributed by atoms with van der Waals surface area (Å²) in [6.45, 7) is 3.61. The molecule has 9 heteroatoms. The van der Waals surface area contributed by atoms with E-state index in [4.69, 9.17) is 19.2 Å². The molecular formula is C31H34N4O5. The Morgan fingerprint density at radius 2 is 1.50 bits per heavy atom. The average Bonchev–Trinajstić information content (AvgIpc) is 3.39. The molecule has 208 valence electrons. The molecule has 4 aromatic rings. The molecule has 1 heterocycles. The Morgan fingerprint density at radius 3 is 2.05 bits per heavy atom. The highest BCUT2D eigenvalue weighted by Crippen LogP contribution is 2.38. The number of hydrogen-bond acceptors (Lipinski definition) is 6. The van der Waals surface area contributed by atoms with Gasteiger partial charge in [-0.05, 0) is 43.7 Å². The van der Waals surface area contributed by atoms with Crippen molar-refractivity contribution in [3.05, 3.63) is 84.6 Å². The zero-order valence-corrected chi connectivity index (χ0v) is 23.4. The average molecular weight is 543 g/mol. The van der Waals surface area contributed by atoms with E-state index in [1.807, 2.05) is 85.3 Å². The number of nitrogens with one attached hydrogen (secondary N) is 1. The molecule has 0 radical (unpaired) electrons. The van der Waals surface area contributed by atoms with Crippen LogP contribution in [0.1, 0.15) is 19.4 Å². The zero-order chi connectivity index (χ0) is 28.6. The van der Waals surface area contributed by atoms with Crippen LogP contribution < -0.4 is 19.5 Å². The summed E-state index contributed by atoms with van der Waals surface area (Å²) in [5.41, 5.74) is 3.18. The number of benzene rings is 3. The summed E-state index contributed by atoms with van der Waals surface area (Å²) in [7, 11) is 4.57. The molecule has 0 bridgehead atoms. The first-order chi connectivity index (χ1) is 19.3. The molecule has 0 aliphatic carbocycles. The fraction of sp³-hybridized carbons (Fsp3) is 0.258. The summed E-state index contributed by atoms with van der Waals surface area (Å²) >= 11 is 0. The second-order valence-corrected chi connectivity index (χ2v) is 9.40. The first-order valence-electron chi connectivity index (χ1n) is 12.9. The van der Waals surface area contributed by atoms with Gasteiger partial charge in [-0.3, -0.25) is 19.5 Å². The van der Waals surface area contributed by atoms with Crippen LogP contribution in [0.4, 0.5) is 5.95 Å². The Kier molecular flexibility index (Phi) is 9.06. The molecule has 0 saturated carbocycles. The maximum absolute atomic E-state index is 13.4. The van der Waals surface area contributed by atoms with Crippen LogP contribution in [0.15, 0.2) is 79.0 Å². The number of rotatable bonds is 11. The number of nitrogens with zero attached hydrogens (tertiary/aromatic N) is 3. The fourth-order valence-corrected chi connectivity index (χ4v) is 4.39. The number of methoxy groups -OCH3 is 3. The third-order valence-electron chi connectivity index (χ3n) is 6.40. The molecule has 0 saturated heterocycles. The monoisotopic (exact) mass is 542 g/mol. The van der Waals surface area contributed by atoms with Gasteiger partial charge in [0, 0.05) is 23.5 Å². The van der Waals surface area contributed by atoms with Gasteiger partial charge in [0.2, 0.25) is 23.5 Å². The van der Waals surface area contributed by atoms with Gasteiger partial charge >= 0.3 is 0 Å². The van der Waals surface area contributed by atoms with Crippen molar-refractivity contribution in [1.82, 2.24) is 14.5 Å². The molecule has 3 aromatic carbocycles. The fourth-order valence-electron chi connectivity index (χ4n) is 4.39. The zero-order valence-electron chi connectivity index (χ0n) is 23.4. The Bertz CT molecular complexity index is 1430. The highest BCUT2D eigenvalue weighted by atomic mass is 16.5. The first-order valence-corrected chi connectivity index (χ1v) is 12.9. The number of ether oxygens (including phenoxy) is 3. The number of hydrogen-bond donors (Lipinski definition) is 1. The number of carbonyl (C=O) groups is 2. The highest BCUT2D eigenvalue weighted by molar-refractivity contribution is 5.94. The number of anilines is 1. The number of para-hydroxylation sites is 1. The molecule has 1 aromatic heterocycles. The second kappa shape index (κ2) is 12.8. The smallest absolute Gasteiger partial charge is 0.246 e. The van der Waals surface area contributed by atoms with E-state index in [0.717, 1.165) is 16.9 Å². The van der Waals surface area contributed by atoms with Gasteiger partial charge in [0.25, 0.3) is 0 Å². The Hall–Kier alpha value is -4.79. The first kappa shape index (κ1) is 28.2. The van der Waals surface area contributed by atoms with Gasteiger partial charge in [-0.1, -0.05) is 48.5 Å². The van der Waals surface area contributed by atoms with Gasteiger partial charge in [0.15, 0.2) is 11.5 Å². The highest BCUT2D eigenvalue weighted by Gasteiger charge is 2.23. The minimum absolute atomic E-state index is 0.0545. The molecule has 2 amide bonds. The minimum Gasteiger partial charge on any atom is -0.493 e. The SMILES string of the molecule is COc1cc(CC(=O)N(CC(=O)Nc2nc(-c3ccccc3)cn2-c2ccccc2)C(C)C)cc(OC)c1OC. The topological polar surface area (TPSA) is 94.9 Å². The molecule has 0 aliphatic rings. The van der Waals surface area contributed by atoms with E-state index in [-0.39, 0.29) is 30.8 Å². The summed E-state index contributed by atoms with van der Waals surface area (Å²) in [6.07, 6.45) is 1.94. The van der Waals surface area contributed by atoms with Crippen LogP contribution in [0.25, 0.3) is 16.9 Å².